The van der Waals surface area contributed by atoms with Gasteiger partial charge in [-0.3, -0.25) is 4.79 Å². The van der Waals surface area contributed by atoms with E-state index in [1.54, 1.807) is 0 Å². The summed E-state index contributed by atoms with van der Waals surface area (Å²) in [7, 11) is 0. The van der Waals surface area contributed by atoms with Crippen molar-refractivity contribution < 1.29 is 14.7 Å². The van der Waals surface area contributed by atoms with E-state index in [0.717, 1.165) is 28.5 Å². The van der Waals surface area contributed by atoms with Crippen molar-refractivity contribution in [2.75, 3.05) is 0 Å². The topological polar surface area (TPSA) is 66.4 Å². The molecule has 0 aliphatic carbocycles. The first kappa shape index (κ1) is 13.8. The minimum Gasteiger partial charge on any atom is -0.478 e. The van der Waals surface area contributed by atoms with E-state index in [2.05, 4.69) is 5.32 Å². The van der Waals surface area contributed by atoms with Crippen LogP contribution < -0.4 is 5.32 Å². The van der Waals surface area contributed by atoms with Crippen LogP contribution in [0.3, 0.4) is 0 Å². The van der Waals surface area contributed by atoms with Crippen molar-refractivity contribution in [3.8, 4) is 0 Å². The molecule has 0 spiro atoms. The molecule has 0 aromatic heterocycles. The number of rotatable bonds is 4. The lowest BCUT2D eigenvalue weighted by Gasteiger charge is -2.15. The Labute approximate surface area is 116 Å². The molecule has 0 saturated carbocycles. The molecule has 0 radical (unpaired) electrons. The summed E-state index contributed by atoms with van der Waals surface area (Å²) < 4.78 is 0. The summed E-state index contributed by atoms with van der Waals surface area (Å²) in [5.41, 5.74) is 1.00. The third-order valence-corrected chi connectivity index (χ3v) is 3.03. The standard InChI is InChI=1S/C16H15NO3/c1-11(17-15(18)9-10-16(19)20)13-8-4-6-12-5-2-3-7-14(12)13/h2-11H,1H3,(H,17,18)(H,19,20)/b10-9+. The molecule has 4 nitrogen and oxygen atoms in total. The largest absolute Gasteiger partial charge is 0.478 e. The SMILES string of the molecule is CC(NC(=O)/C=C/C(=O)O)c1cccc2ccccc12. The fourth-order valence-corrected chi connectivity index (χ4v) is 2.11. The number of aliphatic carboxylic acids is 1. The number of amides is 1. The number of hydrogen-bond acceptors (Lipinski definition) is 2. The molecule has 1 amide bonds. The zero-order valence-electron chi connectivity index (χ0n) is 11.0. The van der Waals surface area contributed by atoms with Gasteiger partial charge in [-0.25, -0.2) is 4.79 Å². The van der Waals surface area contributed by atoms with Crippen molar-refractivity contribution in [3.63, 3.8) is 0 Å². The van der Waals surface area contributed by atoms with E-state index in [4.69, 9.17) is 5.11 Å². The summed E-state index contributed by atoms with van der Waals surface area (Å²) in [6.45, 7) is 1.87. The number of carbonyl (C=O) groups excluding carboxylic acids is 1. The molecule has 102 valence electrons. The lowest BCUT2D eigenvalue weighted by atomic mass is 10.00. The third kappa shape index (κ3) is 3.23. The molecule has 1 atom stereocenters. The van der Waals surface area contributed by atoms with E-state index in [1.807, 2.05) is 49.4 Å². The van der Waals surface area contributed by atoms with Crippen LogP contribution in [-0.4, -0.2) is 17.0 Å². The Hall–Kier alpha value is -2.62. The Bertz CT molecular complexity index is 671. The van der Waals surface area contributed by atoms with Gasteiger partial charge in [0.15, 0.2) is 0 Å². The van der Waals surface area contributed by atoms with Crippen LogP contribution in [-0.2, 0) is 9.59 Å². The molecule has 0 aliphatic heterocycles. The van der Waals surface area contributed by atoms with Gasteiger partial charge in [0.2, 0.25) is 5.91 Å². The Morgan fingerprint density at radius 3 is 2.55 bits per heavy atom. The van der Waals surface area contributed by atoms with E-state index in [-0.39, 0.29) is 6.04 Å². The van der Waals surface area contributed by atoms with Crippen molar-refractivity contribution in [2.24, 2.45) is 0 Å². The average Bonchev–Trinajstić information content (AvgIpc) is 2.44. The maximum Gasteiger partial charge on any atom is 0.328 e. The van der Waals surface area contributed by atoms with Gasteiger partial charge in [0.1, 0.15) is 0 Å². The Kier molecular flexibility index (Phi) is 4.15. The van der Waals surface area contributed by atoms with Crippen LogP contribution in [0.1, 0.15) is 18.5 Å². The second-order valence-corrected chi connectivity index (χ2v) is 4.47. The van der Waals surface area contributed by atoms with Crippen LogP contribution in [0.15, 0.2) is 54.6 Å². The molecule has 0 fully saturated rings. The minimum atomic E-state index is -1.14. The lowest BCUT2D eigenvalue weighted by Crippen LogP contribution is -2.25. The highest BCUT2D eigenvalue weighted by Crippen LogP contribution is 2.23. The molecule has 0 saturated heterocycles. The van der Waals surface area contributed by atoms with Crippen LogP contribution in [0.25, 0.3) is 10.8 Å². The number of carbonyl (C=O) groups is 2. The minimum absolute atomic E-state index is 0.202. The number of carboxylic acid groups (broad SMARTS) is 1. The second-order valence-electron chi connectivity index (χ2n) is 4.47. The van der Waals surface area contributed by atoms with Gasteiger partial charge in [0, 0.05) is 12.2 Å². The summed E-state index contributed by atoms with van der Waals surface area (Å²) in [5, 5.41) is 13.4. The molecule has 2 aromatic rings. The molecule has 2 rings (SSSR count). The summed E-state index contributed by atoms with van der Waals surface area (Å²) in [6.07, 6.45) is 1.84. The van der Waals surface area contributed by atoms with Crippen molar-refractivity contribution in [3.05, 3.63) is 60.2 Å². The second kappa shape index (κ2) is 6.02. The highest BCUT2D eigenvalue weighted by atomic mass is 16.4. The number of nitrogens with one attached hydrogen (secondary N) is 1. The van der Waals surface area contributed by atoms with Crippen molar-refractivity contribution in [1.29, 1.82) is 0 Å². The number of hydrogen-bond donors (Lipinski definition) is 2. The van der Waals surface area contributed by atoms with Gasteiger partial charge in [-0.05, 0) is 23.3 Å². The van der Waals surface area contributed by atoms with Crippen LogP contribution >= 0.6 is 0 Å². The summed E-state index contributed by atoms with van der Waals surface area (Å²) >= 11 is 0. The summed E-state index contributed by atoms with van der Waals surface area (Å²) in [4.78, 5) is 22.0. The van der Waals surface area contributed by atoms with Gasteiger partial charge < -0.3 is 10.4 Å². The van der Waals surface area contributed by atoms with E-state index in [9.17, 15) is 9.59 Å². The van der Waals surface area contributed by atoms with Crippen LogP contribution in [0, 0.1) is 0 Å². The van der Waals surface area contributed by atoms with Gasteiger partial charge in [0.05, 0.1) is 6.04 Å². The monoisotopic (exact) mass is 269 g/mol. The molecular formula is C16H15NO3. The molecule has 0 heterocycles. The van der Waals surface area contributed by atoms with E-state index < -0.39 is 11.9 Å². The number of fused-ring (bicyclic) bond motifs is 1. The predicted octanol–water partition coefficient (Wildman–Crippen LogP) is 2.66. The highest BCUT2D eigenvalue weighted by Gasteiger charge is 2.10. The Balaban J connectivity index is 2.21. The van der Waals surface area contributed by atoms with Crippen LogP contribution in [0.2, 0.25) is 0 Å². The molecule has 2 aromatic carbocycles. The molecule has 20 heavy (non-hydrogen) atoms. The maximum atomic E-state index is 11.6. The highest BCUT2D eigenvalue weighted by molar-refractivity contribution is 5.94. The average molecular weight is 269 g/mol. The first-order valence-electron chi connectivity index (χ1n) is 6.27. The number of carboxylic acids is 1. The zero-order chi connectivity index (χ0) is 14.5. The first-order chi connectivity index (χ1) is 9.58. The number of benzene rings is 2. The smallest absolute Gasteiger partial charge is 0.328 e. The summed E-state index contributed by atoms with van der Waals surface area (Å²) in [5.74, 6) is -1.56. The lowest BCUT2D eigenvalue weighted by molar-refractivity contribution is -0.131. The van der Waals surface area contributed by atoms with Crippen molar-refractivity contribution in [2.45, 2.75) is 13.0 Å². The third-order valence-electron chi connectivity index (χ3n) is 3.03. The van der Waals surface area contributed by atoms with E-state index in [1.165, 1.54) is 0 Å². The van der Waals surface area contributed by atoms with Crippen molar-refractivity contribution >= 4 is 22.6 Å². The van der Waals surface area contributed by atoms with Crippen molar-refractivity contribution in [1.82, 2.24) is 5.32 Å². The Morgan fingerprint density at radius 1 is 1.10 bits per heavy atom. The molecule has 2 N–H and O–H groups in total. The maximum absolute atomic E-state index is 11.6. The molecule has 0 aliphatic rings. The van der Waals surface area contributed by atoms with Gasteiger partial charge in [-0.15, -0.1) is 0 Å². The normalized spacial score (nSPS) is 12.4. The first-order valence-corrected chi connectivity index (χ1v) is 6.27. The molecular weight excluding hydrogens is 254 g/mol. The van der Waals surface area contributed by atoms with Gasteiger partial charge in [-0.1, -0.05) is 42.5 Å². The van der Waals surface area contributed by atoms with Gasteiger partial charge in [-0.2, -0.15) is 0 Å². The summed E-state index contributed by atoms with van der Waals surface area (Å²) in [6, 6.07) is 13.6. The zero-order valence-corrected chi connectivity index (χ0v) is 11.0. The Morgan fingerprint density at radius 2 is 1.80 bits per heavy atom. The van der Waals surface area contributed by atoms with Crippen LogP contribution in [0.4, 0.5) is 0 Å². The van der Waals surface area contributed by atoms with Gasteiger partial charge >= 0.3 is 5.97 Å². The fourth-order valence-electron chi connectivity index (χ4n) is 2.11. The van der Waals surface area contributed by atoms with Gasteiger partial charge in [0.25, 0.3) is 0 Å². The fraction of sp³-hybridized carbons (Fsp3) is 0.125. The van der Waals surface area contributed by atoms with Crippen LogP contribution in [0.5, 0.6) is 0 Å². The van der Waals surface area contributed by atoms with E-state index >= 15 is 0 Å². The predicted molar refractivity (Wildman–Crippen MR) is 77.3 cm³/mol. The van der Waals surface area contributed by atoms with E-state index in [0.29, 0.717) is 0 Å². The quantitative estimate of drug-likeness (QED) is 0.838. The molecule has 4 heteroatoms. The molecule has 1 unspecified atom stereocenters. The molecule has 0 bridgehead atoms.